The Morgan fingerprint density at radius 1 is 1.41 bits per heavy atom. The van der Waals surface area contributed by atoms with E-state index in [1.54, 1.807) is 11.8 Å². The monoisotopic (exact) mass is 341 g/mol. The zero-order valence-electron chi connectivity index (χ0n) is 13.2. The summed E-state index contributed by atoms with van der Waals surface area (Å²) >= 11 is 7.58. The number of hydrogen-bond donors (Lipinski definition) is 1. The van der Waals surface area contributed by atoms with Gasteiger partial charge >= 0.3 is 6.03 Å². The topological polar surface area (TPSA) is 35.6 Å². The molecule has 1 fully saturated rings. The van der Waals surface area contributed by atoms with Crippen LogP contribution in [0.1, 0.15) is 6.42 Å². The molecular formula is C16H24ClN3OS. The van der Waals surface area contributed by atoms with Gasteiger partial charge in [-0.1, -0.05) is 11.6 Å². The van der Waals surface area contributed by atoms with Crippen LogP contribution in [-0.2, 0) is 0 Å². The molecule has 1 aliphatic rings. The molecule has 1 atom stereocenters. The first-order valence-corrected chi connectivity index (χ1v) is 8.97. The van der Waals surface area contributed by atoms with Gasteiger partial charge in [0, 0.05) is 41.8 Å². The molecule has 6 heteroatoms. The third-order valence-corrected chi connectivity index (χ3v) is 4.92. The first kappa shape index (κ1) is 17.4. The number of amides is 2. The van der Waals surface area contributed by atoms with Crippen LogP contribution in [0.15, 0.2) is 29.2 Å². The van der Waals surface area contributed by atoms with Gasteiger partial charge < -0.3 is 15.1 Å². The molecule has 1 aromatic rings. The second-order valence-electron chi connectivity index (χ2n) is 5.90. The van der Waals surface area contributed by atoms with Gasteiger partial charge in [0.05, 0.1) is 0 Å². The molecular weight excluding hydrogens is 318 g/mol. The molecule has 2 amide bonds. The molecule has 0 saturated carbocycles. The number of hydrogen-bond acceptors (Lipinski definition) is 3. The van der Waals surface area contributed by atoms with Crippen molar-refractivity contribution in [2.75, 3.05) is 46.0 Å². The minimum Gasteiger partial charge on any atom is -0.337 e. The fraction of sp³-hybridized carbons (Fsp3) is 0.562. The fourth-order valence-electron chi connectivity index (χ4n) is 2.65. The van der Waals surface area contributed by atoms with Gasteiger partial charge in [0.25, 0.3) is 0 Å². The first-order chi connectivity index (χ1) is 10.5. The largest absolute Gasteiger partial charge is 0.337 e. The van der Waals surface area contributed by atoms with E-state index in [9.17, 15) is 4.79 Å². The molecule has 4 nitrogen and oxygen atoms in total. The second kappa shape index (κ2) is 8.65. The number of urea groups is 1. The van der Waals surface area contributed by atoms with Crippen LogP contribution in [0, 0.1) is 5.92 Å². The van der Waals surface area contributed by atoms with E-state index in [4.69, 9.17) is 11.6 Å². The van der Waals surface area contributed by atoms with Crippen LogP contribution >= 0.6 is 23.4 Å². The summed E-state index contributed by atoms with van der Waals surface area (Å²) in [6.07, 6.45) is 1.10. The first-order valence-electron chi connectivity index (χ1n) is 7.60. The van der Waals surface area contributed by atoms with Crippen LogP contribution < -0.4 is 5.32 Å². The maximum Gasteiger partial charge on any atom is 0.317 e. The fourth-order valence-corrected chi connectivity index (χ4v) is 3.55. The number of benzene rings is 1. The summed E-state index contributed by atoms with van der Waals surface area (Å²) < 4.78 is 0. The Bertz CT molecular complexity index is 481. The van der Waals surface area contributed by atoms with Gasteiger partial charge in [0.2, 0.25) is 0 Å². The van der Waals surface area contributed by atoms with Gasteiger partial charge in [0.1, 0.15) is 0 Å². The molecule has 0 unspecified atom stereocenters. The summed E-state index contributed by atoms with van der Waals surface area (Å²) in [5.74, 6) is 1.46. The zero-order valence-corrected chi connectivity index (χ0v) is 14.8. The lowest BCUT2D eigenvalue weighted by atomic mass is 10.1. The van der Waals surface area contributed by atoms with E-state index in [1.807, 2.05) is 29.2 Å². The molecule has 0 bridgehead atoms. The lowest BCUT2D eigenvalue weighted by Gasteiger charge is -2.19. The van der Waals surface area contributed by atoms with Gasteiger partial charge in [-0.05, 0) is 50.7 Å². The van der Waals surface area contributed by atoms with E-state index >= 15 is 0 Å². The van der Waals surface area contributed by atoms with Crippen molar-refractivity contribution in [3.05, 3.63) is 29.3 Å². The van der Waals surface area contributed by atoms with Crippen molar-refractivity contribution in [2.24, 2.45) is 5.92 Å². The molecule has 1 aliphatic heterocycles. The van der Waals surface area contributed by atoms with Crippen molar-refractivity contribution in [2.45, 2.75) is 11.3 Å². The van der Waals surface area contributed by atoms with Crippen LogP contribution in [0.2, 0.25) is 5.02 Å². The molecule has 0 aliphatic carbocycles. The number of nitrogens with zero attached hydrogens (tertiary/aromatic N) is 2. The van der Waals surface area contributed by atoms with Crippen molar-refractivity contribution in [3.63, 3.8) is 0 Å². The Morgan fingerprint density at radius 2 is 2.14 bits per heavy atom. The Kier molecular flexibility index (Phi) is 6.86. The highest BCUT2D eigenvalue weighted by Gasteiger charge is 2.26. The average molecular weight is 342 g/mol. The summed E-state index contributed by atoms with van der Waals surface area (Å²) in [6, 6.07) is 7.84. The van der Waals surface area contributed by atoms with Crippen LogP contribution in [0.3, 0.4) is 0 Å². The molecule has 2 rings (SSSR count). The lowest BCUT2D eigenvalue weighted by Crippen LogP contribution is -2.39. The molecule has 0 radical (unpaired) electrons. The number of halogens is 1. The minimum atomic E-state index is 0.0676. The molecule has 22 heavy (non-hydrogen) atoms. The zero-order chi connectivity index (χ0) is 15.9. The SMILES string of the molecule is CN(C)C[C@H]1CCN(C(=O)NCCSc2ccc(Cl)cc2)C1. The third-order valence-electron chi connectivity index (χ3n) is 3.66. The summed E-state index contributed by atoms with van der Waals surface area (Å²) in [4.78, 5) is 17.4. The Hall–Kier alpha value is -0.910. The lowest BCUT2D eigenvalue weighted by molar-refractivity contribution is 0.206. The average Bonchev–Trinajstić information content (AvgIpc) is 2.93. The highest BCUT2D eigenvalue weighted by atomic mass is 35.5. The molecule has 0 aromatic heterocycles. The van der Waals surface area contributed by atoms with Gasteiger partial charge in [-0.15, -0.1) is 11.8 Å². The number of rotatable bonds is 6. The van der Waals surface area contributed by atoms with E-state index < -0.39 is 0 Å². The third kappa shape index (κ3) is 5.71. The number of likely N-dealkylation sites (tertiary alicyclic amines) is 1. The quantitative estimate of drug-likeness (QED) is 0.638. The normalized spacial score (nSPS) is 18.0. The van der Waals surface area contributed by atoms with E-state index in [0.717, 1.165) is 36.8 Å². The molecule has 1 N–H and O–H groups in total. The summed E-state index contributed by atoms with van der Waals surface area (Å²) in [7, 11) is 4.16. The predicted octanol–water partition coefficient (Wildman–Crippen LogP) is 3.03. The number of carbonyl (C=O) groups is 1. The van der Waals surface area contributed by atoms with E-state index in [0.29, 0.717) is 12.5 Å². The second-order valence-corrected chi connectivity index (χ2v) is 7.50. The number of carbonyl (C=O) groups excluding carboxylic acids is 1. The Labute approximate surface area is 142 Å². The smallest absolute Gasteiger partial charge is 0.317 e. The molecule has 1 aromatic carbocycles. The Morgan fingerprint density at radius 3 is 2.82 bits per heavy atom. The van der Waals surface area contributed by atoms with Crippen LogP contribution in [0.4, 0.5) is 4.79 Å². The minimum absolute atomic E-state index is 0.0676. The van der Waals surface area contributed by atoms with Gasteiger partial charge in [0.15, 0.2) is 0 Å². The van der Waals surface area contributed by atoms with Crippen molar-refractivity contribution in [3.8, 4) is 0 Å². The van der Waals surface area contributed by atoms with Crippen molar-refractivity contribution >= 4 is 29.4 Å². The van der Waals surface area contributed by atoms with Gasteiger partial charge in [-0.25, -0.2) is 4.79 Å². The van der Waals surface area contributed by atoms with Crippen LogP contribution in [0.25, 0.3) is 0 Å². The van der Waals surface area contributed by atoms with Crippen molar-refractivity contribution < 1.29 is 4.79 Å². The molecule has 1 saturated heterocycles. The van der Waals surface area contributed by atoms with E-state index in [-0.39, 0.29) is 6.03 Å². The number of nitrogens with one attached hydrogen (secondary N) is 1. The van der Waals surface area contributed by atoms with Crippen molar-refractivity contribution in [1.82, 2.24) is 15.1 Å². The van der Waals surface area contributed by atoms with Gasteiger partial charge in [-0.2, -0.15) is 0 Å². The Balaban J connectivity index is 1.63. The summed E-state index contributed by atoms with van der Waals surface area (Å²) in [5, 5.41) is 3.76. The maximum atomic E-state index is 12.1. The highest BCUT2D eigenvalue weighted by Crippen LogP contribution is 2.20. The molecule has 0 spiro atoms. The summed E-state index contributed by atoms with van der Waals surface area (Å²) in [5.41, 5.74) is 0. The van der Waals surface area contributed by atoms with Gasteiger partial charge in [-0.3, -0.25) is 0 Å². The van der Waals surface area contributed by atoms with Crippen LogP contribution in [0.5, 0.6) is 0 Å². The van der Waals surface area contributed by atoms with E-state index in [1.165, 1.54) is 4.90 Å². The van der Waals surface area contributed by atoms with E-state index in [2.05, 4.69) is 24.3 Å². The summed E-state index contributed by atoms with van der Waals surface area (Å²) in [6.45, 7) is 3.47. The standard InChI is InChI=1S/C16H24ClN3OS/c1-19(2)11-13-7-9-20(12-13)16(21)18-8-10-22-15-5-3-14(17)4-6-15/h3-6,13H,7-12H2,1-2H3,(H,18,21)/t13-/m1/s1. The van der Waals surface area contributed by atoms with Crippen molar-refractivity contribution in [1.29, 1.82) is 0 Å². The molecule has 122 valence electrons. The number of thioether (sulfide) groups is 1. The highest BCUT2D eigenvalue weighted by molar-refractivity contribution is 7.99. The predicted molar refractivity (Wildman–Crippen MR) is 93.8 cm³/mol. The maximum absolute atomic E-state index is 12.1. The molecule has 1 heterocycles. The van der Waals surface area contributed by atoms with Crippen LogP contribution in [-0.4, -0.2) is 61.9 Å².